The Hall–Kier alpha value is -3.24. The predicted molar refractivity (Wildman–Crippen MR) is 109 cm³/mol. The maximum absolute atomic E-state index is 14.3. The standard InChI is InChI=1S/C20H17F2N3O4S/c1-2-29-10-9-24-19-16(22)11-14(21)12-17(19)30-20(24)23-18(26)8-5-13-3-6-15(7-4-13)25(27)28/h3-8,11-12H,2,9-10H2,1H3/b8-5+,23-20?. The molecule has 1 amide bonds. The van der Waals surface area contributed by atoms with Crippen molar-refractivity contribution < 1.29 is 23.2 Å². The van der Waals surface area contributed by atoms with Crippen molar-refractivity contribution in [3.8, 4) is 0 Å². The Labute approximate surface area is 173 Å². The lowest BCUT2D eigenvalue weighted by molar-refractivity contribution is -0.384. The van der Waals surface area contributed by atoms with Crippen LogP contribution in [0.4, 0.5) is 14.5 Å². The van der Waals surface area contributed by atoms with Crippen molar-refractivity contribution in [3.63, 3.8) is 0 Å². The molecule has 0 fully saturated rings. The fourth-order valence-corrected chi connectivity index (χ4v) is 3.83. The number of hydrogen-bond donors (Lipinski definition) is 0. The van der Waals surface area contributed by atoms with Gasteiger partial charge in [-0.15, -0.1) is 0 Å². The number of rotatable bonds is 7. The van der Waals surface area contributed by atoms with Gasteiger partial charge >= 0.3 is 0 Å². The summed E-state index contributed by atoms with van der Waals surface area (Å²) < 4.78 is 35.0. The second-order valence-electron chi connectivity index (χ2n) is 6.10. The molecule has 0 aliphatic heterocycles. The van der Waals surface area contributed by atoms with Gasteiger partial charge in [0.1, 0.15) is 5.82 Å². The Kier molecular flexibility index (Phi) is 6.80. The van der Waals surface area contributed by atoms with Crippen molar-refractivity contribution in [1.29, 1.82) is 0 Å². The van der Waals surface area contributed by atoms with Gasteiger partial charge in [0.2, 0.25) is 0 Å². The third kappa shape index (κ3) is 5.02. The number of carbonyl (C=O) groups is 1. The topological polar surface area (TPSA) is 86.7 Å². The van der Waals surface area contributed by atoms with E-state index in [0.717, 1.165) is 17.4 Å². The molecule has 0 unspecified atom stereocenters. The van der Waals surface area contributed by atoms with E-state index in [0.29, 0.717) is 16.9 Å². The van der Waals surface area contributed by atoms with Gasteiger partial charge in [-0.1, -0.05) is 11.3 Å². The van der Waals surface area contributed by atoms with Crippen LogP contribution in [0.15, 0.2) is 47.5 Å². The van der Waals surface area contributed by atoms with Crippen LogP contribution >= 0.6 is 11.3 Å². The molecule has 3 aromatic rings. The van der Waals surface area contributed by atoms with E-state index >= 15 is 0 Å². The zero-order chi connectivity index (χ0) is 21.7. The summed E-state index contributed by atoms with van der Waals surface area (Å²) in [5, 5.41) is 10.7. The molecule has 0 N–H and O–H groups in total. The van der Waals surface area contributed by atoms with E-state index in [4.69, 9.17) is 4.74 Å². The minimum atomic E-state index is -0.743. The Morgan fingerprint density at radius 2 is 2.03 bits per heavy atom. The highest BCUT2D eigenvalue weighted by atomic mass is 32.1. The van der Waals surface area contributed by atoms with Crippen molar-refractivity contribution in [3.05, 3.63) is 74.6 Å². The lowest BCUT2D eigenvalue weighted by Gasteiger charge is -2.06. The molecule has 1 aromatic heterocycles. The third-order valence-corrected chi connectivity index (χ3v) is 5.11. The van der Waals surface area contributed by atoms with Crippen LogP contribution in [0.1, 0.15) is 12.5 Å². The summed E-state index contributed by atoms with van der Waals surface area (Å²) in [6.45, 7) is 2.82. The smallest absolute Gasteiger partial charge is 0.272 e. The normalized spacial score (nSPS) is 12.2. The molecular weight excluding hydrogens is 416 g/mol. The summed E-state index contributed by atoms with van der Waals surface area (Å²) in [4.78, 5) is 26.7. The van der Waals surface area contributed by atoms with Gasteiger partial charge in [0.15, 0.2) is 10.6 Å². The molecule has 0 spiro atoms. The Morgan fingerprint density at radius 3 is 2.70 bits per heavy atom. The van der Waals surface area contributed by atoms with Crippen LogP contribution in [-0.2, 0) is 16.1 Å². The van der Waals surface area contributed by atoms with Crippen molar-refractivity contribution >= 4 is 39.2 Å². The number of halogens is 2. The van der Waals surface area contributed by atoms with Crippen LogP contribution in [-0.4, -0.2) is 28.6 Å². The van der Waals surface area contributed by atoms with E-state index in [1.54, 1.807) is 0 Å². The highest BCUT2D eigenvalue weighted by Crippen LogP contribution is 2.22. The maximum atomic E-state index is 14.3. The fraction of sp³-hybridized carbons (Fsp3) is 0.200. The van der Waals surface area contributed by atoms with Gasteiger partial charge in [-0.3, -0.25) is 14.9 Å². The number of carbonyl (C=O) groups excluding carboxylic acids is 1. The molecular formula is C20H17F2N3O4S. The number of thiazole rings is 1. The van der Waals surface area contributed by atoms with Crippen LogP contribution in [0.2, 0.25) is 0 Å². The average Bonchev–Trinajstić information content (AvgIpc) is 3.04. The number of non-ortho nitro benzene ring substituents is 1. The second kappa shape index (κ2) is 9.51. The first-order valence-electron chi connectivity index (χ1n) is 8.96. The number of fused-ring (bicyclic) bond motifs is 1. The molecule has 0 bridgehead atoms. The highest BCUT2D eigenvalue weighted by molar-refractivity contribution is 7.16. The van der Waals surface area contributed by atoms with Crippen molar-refractivity contribution in [2.75, 3.05) is 13.2 Å². The number of ether oxygens (including phenoxy) is 1. The molecule has 0 aliphatic rings. The Bertz CT molecular complexity index is 1180. The quantitative estimate of drug-likeness (QED) is 0.243. The van der Waals surface area contributed by atoms with Crippen molar-refractivity contribution in [2.45, 2.75) is 13.5 Å². The first kappa shape index (κ1) is 21.5. The molecule has 0 aliphatic carbocycles. The SMILES string of the molecule is CCOCCn1c(=NC(=O)/C=C/c2ccc([N+](=O)[O-])cc2)sc2cc(F)cc(F)c21. The number of amides is 1. The summed E-state index contributed by atoms with van der Waals surface area (Å²) in [6.07, 6.45) is 2.67. The second-order valence-corrected chi connectivity index (χ2v) is 7.11. The lowest BCUT2D eigenvalue weighted by Crippen LogP contribution is -2.19. The summed E-state index contributed by atoms with van der Waals surface area (Å²) in [5.41, 5.74) is 0.683. The molecule has 0 radical (unpaired) electrons. The zero-order valence-corrected chi connectivity index (χ0v) is 16.7. The number of nitro groups is 1. The van der Waals surface area contributed by atoms with Gasteiger partial charge in [0.25, 0.3) is 11.6 Å². The molecule has 1 heterocycles. The molecule has 30 heavy (non-hydrogen) atoms. The zero-order valence-electron chi connectivity index (χ0n) is 15.9. The van der Waals surface area contributed by atoms with Crippen LogP contribution in [0.3, 0.4) is 0 Å². The van der Waals surface area contributed by atoms with Gasteiger partial charge in [0, 0.05) is 37.4 Å². The van der Waals surface area contributed by atoms with E-state index in [2.05, 4.69) is 4.99 Å². The number of hydrogen-bond acceptors (Lipinski definition) is 5. The van der Waals surface area contributed by atoms with Crippen molar-refractivity contribution in [1.82, 2.24) is 4.57 Å². The number of aromatic nitrogens is 1. The van der Waals surface area contributed by atoms with Gasteiger partial charge in [-0.05, 0) is 36.8 Å². The Balaban J connectivity index is 1.93. The summed E-state index contributed by atoms with van der Waals surface area (Å²) in [6, 6.07) is 7.63. The molecule has 7 nitrogen and oxygen atoms in total. The first-order chi connectivity index (χ1) is 14.4. The fourth-order valence-electron chi connectivity index (χ4n) is 2.73. The van der Waals surface area contributed by atoms with Gasteiger partial charge in [0.05, 0.1) is 21.7 Å². The minimum absolute atomic E-state index is 0.0574. The molecule has 0 atom stereocenters. The lowest BCUT2D eigenvalue weighted by atomic mass is 10.2. The predicted octanol–water partition coefficient (Wildman–Crippen LogP) is 4.07. The average molecular weight is 433 g/mol. The van der Waals surface area contributed by atoms with E-state index in [-0.39, 0.29) is 29.2 Å². The van der Waals surface area contributed by atoms with E-state index in [1.165, 1.54) is 47.1 Å². The van der Waals surface area contributed by atoms with Gasteiger partial charge in [-0.2, -0.15) is 4.99 Å². The summed E-state index contributed by atoms with van der Waals surface area (Å²) in [5.74, 6) is -2.06. The van der Waals surface area contributed by atoms with Crippen LogP contribution in [0.5, 0.6) is 0 Å². The van der Waals surface area contributed by atoms with Crippen LogP contribution < -0.4 is 4.80 Å². The number of benzene rings is 2. The molecule has 156 valence electrons. The van der Waals surface area contributed by atoms with E-state index in [9.17, 15) is 23.7 Å². The molecule has 0 saturated heterocycles. The monoisotopic (exact) mass is 433 g/mol. The number of nitro benzene ring substituents is 1. The Morgan fingerprint density at radius 1 is 1.30 bits per heavy atom. The molecule has 10 heteroatoms. The van der Waals surface area contributed by atoms with Gasteiger partial charge < -0.3 is 9.30 Å². The molecule has 2 aromatic carbocycles. The minimum Gasteiger partial charge on any atom is -0.380 e. The highest BCUT2D eigenvalue weighted by Gasteiger charge is 2.13. The number of nitrogens with zero attached hydrogens (tertiary/aromatic N) is 3. The van der Waals surface area contributed by atoms with E-state index in [1.807, 2.05) is 6.92 Å². The molecule has 3 rings (SSSR count). The van der Waals surface area contributed by atoms with E-state index < -0.39 is 22.5 Å². The summed E-state index contributed by atoms with van der Waals surface area (Å²) >= 11 is 0.996. The largest absolute Gasteiger partial charge is 0.380 e. The van der Waals surface area contributed by atoms with Gasteiger partial charge in [-0.25, -0.2) is 8.78 Å². The van der Waals surface area contributed by atoms with Crippen molar-refractivity contribution in [2.24, 2.45) is 4.99 Å². The summed E-state index contributed by atoms with van der Waals surface area (Å²) in [7, 11) is 0. The molecule has 0 saturated carbocycles. The maximum Gasteiger partial charge on any atom is 0.272 e. The first-order valence-corrected chi connectivity index (χ1v) is 9.78. The van der Waals surface area contributed by atoms with Crippen LogP contribution in [0.25, 0.3) is 16.3 Å². The third-order valence-electron chi connectivity index (χ3n) is 4.09. The van der Waals surface area contributed by atoms with Crippen LogP contribution in [0, 0.1) is 21.7 Å².